The minimum absolute atomic E-state index is 0.0686. The zero-order valence-corrected chi connectivity index (χ0v) is 15.9. The molecule has 1 unspecified atom stereocenters. The molecule has 0 aliphatic carbocycles. The third kappa shape index (κ3) is 4.04. The van der Waals surface area contributed by atoms with Gasteiger partial charge < -0.3 is 19.8 Å². The number of fused-ring (bicyclic) bond motifs is 1. The fraction of sp³-hybridized carbons (Fsp3) is 0.263. The van der Waals surface area contributed by atoms with Crippen LogP contribution in [0.4, 0.5) is 4.39 Å². The highest BCUT2D eigenvalue weighted by atomic mass is 35.5. The number of nitrogens with zero attached hydrogens (tertiary/aromatic N) is 1. The number of methoxy groups -OCH3 is 2. The monoisotopic (exact) mass is 391 g/mol. The minimum Gasteiger partial charge on any atom is -0.492 e. The van der Waals surface area contributed by atoms with Crippen LogP contribution in [0.1, 0.15) is 12.6 Å². The fourth-order valence-electron chi connectivity index (χ4n) is 2.66. The summed E-state index contributed by atoms with van der Waals surface area (Å²) in [6, 6.07) is 8.62. The number of ether oxygens (including phenoxy) is 2. The van der Waals surface area contributed by atoms with Crippen molar-refractivity contribution in [2.24, 2.45) is 0 Å². The highest BCUT2D eigenvalue weighted by molar-refractivity contribution is 6.34. The summed E-state index contributed by atoms with van der Waals surface area (Å²) in [6.07, 6.45) is -0.522. The summed E-state index contributed by atoms with van der Waals surface area (Å²) >= 11 is 6.37. The van der Waals surface area contributed by atoms with E-state index in [1.165, 1.54) is 20.3 Å². The second kappa shape index (κ2) is 7.94. The maximum atomic E-state index is 13.9. The number of carbonyl (C=O) groups excluding carboxylic acids is 1. The number of aromatic amines is 1. The zero-order chi connectivity index (χ0) is 19.6. The molecule has 0 radical (unpaired) electrons. The maximum Gasteiger partial charge on any atom is 0.255 e. The molecular weight excluding hydrogens is 373 g/mol. The number of H-pyrrole nitrogens is 1. The number of halogens is 2. The van der Waals surface area contributed by atoms with Crippen molar-refractivity contribution in [3.05, 3.63) is 47.0 Å². The van der Waals surface area contributed by atoms with Crippen LogP contribution < -0.4 is 10.1 Å². The minimum atomic E-state index is -0.701. The number of carbonyl (C=O) groups is 1. The highest BCUT2D eigenvalue weighted by Gasteiger charge is 2.14. The average molecular weight is 392 g/mol. The number of hydrogen-bond acceptors (Lipinski definition) is 4. The molecule has 1 atom stereocenters. The number of benzene rings is 1. The van der Waals surface area contributed by atoms with Gasteiger partial charge in [-0.05, 0) is 37.3 Å². The fourth-order valence-corrected chi connectivity index (χ4v) is 2.93. The molecule has 0 spiro atoms. The normalized spacial score (nSPS) is 12.2. The van der Waals surface area contributed by atoms with Gasteiger partial charge in [0.15, 0.2) is 5.75 Å². The van der Waals surface area contributed by atoms with Crippen LogP contribution in [0.25, 0.3) is 22.2 Å². The Morgan fingerprint density at radius 1 is 1.33 bits per heavy atom. The van der Waals surface area contributed by atoms with Gasteiger partial charge >= 0.3 is 0 Å². The molecule has 2 N–H and O–H groups in total. The van der Waals surface area contributed by atoms with E-state index in [-0.39, 0.29) is 11.7 Å². The molecule has 0 aliphatic rings. The Bertz CT molecular complexity index is 990. The van der Waals surface area contributed by atoms with Crippen molar-refractivity contribution in [3.63, 3.8) is 0 Å². The molecule has 0 bridgehead atoms. The van der Waals surface area contributed by atoms with Crippen molar-refractivity contribution in [2.45, 2.75) is 19.6 Å². The third-order valence-corrected chi connectivity index (χ3v) is 4.56. The van der Waals surface area contributed by atoms with Crippen LogP contribution in [0.5, 0.6) is 5.75 Å². The van der Waals surface area contributed by atoms with Crippen molar-refractivity contribution < 1.29 is 18.7 Å². The molecule has 2 heterocycles. The van der Waals surface area contributed by atoms with Gasteiger partial charge in [0.2, 0.25) is 5.91 Å². The molecule has 6 nitrogen and oxygen atoms in total. The summed E-state index contributed by atoms with van der Waals surface area (Å²) in [7, 11) is 2.86. The van der Waals surface area contributed by atoms with E-state index in [1.54, 1.807) is 25.1 Å². The molecule has 142 valence electrons. The molecule has 3 rings (SSSR count). The first-order valence-corrected chi connectivity index (χ1v) is 8.63. The Labute approximate surface area is 160 Å². The van der Waals surface area contributed by atoms with Gasteiger partial charge in [0.1, 0.15) is 6.10 Å². The summed E-state index contributed by atoms with van der Waals surface area (Å²) in [5.74, 6) is -0.833. The number of aromatic nitrogens is 2. The van der Waals surface area contributed by atoms with Crippen LogP contribution in [-0.2, 0) is 16.1 Å². The van der Waals surface area contributed by atoms with E-state index in [2.05, 4.69) is 15.3 Å². The van der Waals surface area contributed by atoms with Crippen molar-refractivity contribution in [1.82, 2.24) is 15.3 Å². The van der Waals surface area contributed by atoms with E-state index in [1.807, 2.05) is 6.07 Å². The number of rotatable bonds is 6. The van der Waals surface area contributed by atoms with Gasteiger partial charge in [-0.15, -0.1) is 0 Å². The molecule has 0 saturated heterocycles. The largest absolute Gasteiger partial charge is 0.492 e. The first kappa shape index (κ1) is 19.1. The van der Waals surface area contributed by atoms with E-state index in [9.17, 15) is 9.18 Å². The molecule has 1 amide bonds. The Morgan fingerprint density at radius 3 is 2.78 bits per heavy atom. The molecule has 0 aliphatic heterocycles. The van der Waals surface area contributed by atoms with Gasteiger partial charge in [0.25, 0.3) is 5.95 Å². The Balaban J connectivity index is 1.88. The number of pyridine rings is 1. The first-order chi connectivity index (χ1) is 12.9. The predicted molar refractivity (Wildman–Crippen MR) is 101 cm³/mol. The number of amides is 1. The molecule has 27 heavy (non-hydrogen) atoms. The van der Waals surface area contributed by atoms with Crippen LogP contribution in [0.2, 0.25) is 5.02 Å². The van der Waals surface area contributed by atoms with Crippen LogP contribution in [0.15, 0.2) is 30.3 Å². The van der Waals surface area contributed by atoms with Crippen molar-refractivity contribution >= 4 is 28.4 Å². The standard InChI is InChI=1S/C19H19ClFN3O3/c1-10(26-2)19(25)22-9-12-6-11-7-14(20)13(8-16(11)23-12)15-4-5-17(27-3)18(21)24-15/h4-8,10,23H,9H2,1-3H3,(H,22,25). The Hall–Kier alpha value is -2.64. The lowest BCUT2D eigenvalue weighted by molar-refractivity contribution is -0.130. The summed E-state index contributed by atoms with van der Waals surface area (Å²) < 4.78 is 23.8. The zero-order valence-electron chi connectivity index (χ0n) is 15.1. The van der Waals surface area contributed by atoms with Gasteiger partial charge in [-0.1, -0.05) is 11.6 Å². The SMILES string of the molecule is COc1ccc(-c2cc3[nH]c(CNC(=O)C(C)OC)cc3cc2Cl)nc1F. The summed E-state index contributed by atoms with van der Waals surface area (Å²) in [4.78, 5) is 19.0. The van der Waals surface area contributed by atoms with Crippen LogP contribution >= 0.6 is 11.6 Å². The summed E-state index contributed by atoms with van der Waals surface area (Å²) in [5, 5.41) is 4.11. The van der Waals surface area contributed by atoms with Crippen molar-refractivity contribution in [2.75, 3.05) is 14.2 Å². The molecular formula is C19H19ClFN3O3. The molecule has 8 heteroatoms. The quantitative estimate of drug-likeness (QED) is 0.628. The van der Waals surface area contributed by atoms with Crippen molar-refractivity contribution in [1.29, 1.82) is 0 Å². The van der Waals surface area contributed by atoms with E-state index < -0.39 is 12.1 Å². The van der Waals surface area contributed by atoms with E-state index in [4.69, 9.17) is 21.1 Å². The molecule has 0 fully saturated rings. The third-order valence-electron chi connectivity index (χ3n) is 4.25. The van der Waals surface area contributed by atoms with Crippen LogP contribution in [0.3, 0.4) is 0 Å². The number of nitrogens with one attached hydrogen (secondary N) is 2. The van der Waals surface area contributed by atoms with Gasteiger partial charge in [-0.2, -0.15) is 4.39 Å². The number of hydrogen-bond donors (Lipinski definition) is 2. The highest BCUT2D eigenvalue weighted by Crippen LogP contribution is 2.32. The first-order valence-electron chi connectivity index (χ1n) is 8.25. The lowest BCUT2D eigenvalue weighted by atomic mass is 10.1. The Kier molecular flexibility index (Phi) is 5.62. The Morgan fingerprint density at radius 2 is 2.11 bits per heavy atom. The van der Waals surface area contributed by atoms with Gasteiger partial charge in [-0.3, -0.25) is 4.79 Å². The molecule has 1 aromatic carbocycles. The summed E-state index contributed by atoms with van der Waals surface area (Å²) in [6.45, 7) is 2.00. The second-order valence-corrected chi connectivity index (χ2v) is 6.41. The van der Waals surface area contributed by atoms with Crippen molar-refractivity contribution in [3.8, 4) is 17.0 Å². The second-order valence-electron chi connectivity index (χ2n) is 6.00. The van der Waals surface area contributed by atoms with E-state index in [0.29, 0.717) is 22.8 Å². The summed E-state index contributed by atoms with van der Waals surface area (Å²) in [5.41, 5.74) is 2.61. The predicted octanol–water partition coefficient (Wildman–Crippen LogP) is 3.68. The maximum absolute atomic E-state index is 13.9. The molecule has 2 aromatic heterocycles. The smallest absolute Gasteiger partial charge is 0.255 e. The van der Waals surface area contributed by atoms with Gasteiger partial charge in [0, 0.05) is 29.3 Å². The van der Waals surface area contributed by atoms with Crippen LogP contribution in [0, 0.1) is 5.95 Å². The van der Waals surface area contributed by atoms with E-state index in [0.717, 1.165) is 16.6 Å². The van der Waals surface area contributed by atoms with Gasteiger partial charge in [-0.25, -0.2) is 4.98 Å². The average Bonchev–Trinajstić information content (AvgIpc) is 3.06. The van der Waals surface area contributed by atoms with Gasteiger partial charge in [0.05, 0.1) is 24.4 Å². The van der Waals surface area contributed by atoms with Crippen LogP contribution in [-0.4, -0.2) is 36.2 Å². The molecule has 3 aromatic rings. The lowest BCUT2D eigenvalue weighted by Gasteiger charge is -2.09. The van der Waals surface area contributed by atoms with E-state index >= 15 is 0 Å². The molecule has 0 saturated carbocycles. The topological polar surface area (TPSA) is 76.2 Å². The lowest BCUT2D eigenvalue weighted by Crippen LogP contribution is -2.33.